The zero-order chi connectivity index (χ0) is 21.7. The quantitative estimate of drug-likeness (QED) is 0.265. The van der Waals surface area contributed by atoms with Crippen molar-refractivity contribution in [2.24, 2.45) is 5.92 Å². The maximum absolute atomic E-state index is 11.9. The summed E-state index contributed by atoms with van der Waals surface area (Å²) in [5.74, 6) is -0.758. The molecule has 160 valence electrons. The summed E-state index contributed by atoms with van der Waals surface area (Å²) in [6.07, 6.45) is 2.29. The maximum atomic E-state index is 11.9. The Morgan fingerprint density at radius 1 is 1.30 bits per heavy atom. The second-order valence-corrected chi connectivity index (χ2v) is 6.84. The normalized spacial score (nSPS) is 14.4. The van der Waals surface area contributed by atoms with Gasteiger partial charge in [0.25, 0.3) is 0 Å². The minimum Gasteiger partial charge on any atom is -0.504 e. The molecule has 11 heteroatoms. The van der Waals surface area contributed by atoms with E-state index in [4.69, 9.17) is 4.74 Å². The Kier molecular flexibility index (Phi) is 6.50. The molecule has 2 heterocycles. The highest BCUT2D eigenvalue weighted by Gasteiger charge is 2.32. The number of hydrogen-bond acceptors (Lipinski definition) is 10. The van der Waals surface area contributed by atoms with Crippen molar-refractivity contribution >= 4 is 23.3 Å². The summed E-state index contributed by atoms with van der Waals surface area (Å²) in [7, 11) is 0. The lowest BCUT2D eigenvalue weighted by molar-refractivity contribution is -0.383. The highest BCUT2D eigenvalue weighted by Crippen LogP contribution is 2.34. The van der Waals surface area contributed by atoms with Crippen molar-refractivity contribution in [3.8, 4) is 11.5 Å². The largest absolute Gasteiger partial charge is 0.504 e. The van der Waals surface area contributed by atoms with Crippen LogP contribution < -0.4 is 10.2 Å². The fourth-order valence-electron chi connectivity index (χ4n) is 3.35. The number of piperidine rings is 1. The Hall–Kier alpha value is -3.63. The molecule has 0 bridgehead atoms. The number of phenols is 2. The van der Waals surface area contributed by atoms with Crippen molar-refractivity contribution < 1.29 is 24.7 Å². The van der Waals surface area contributed by atoms with Gasteiger partial charge >= 0.3 is 11.7 Å². The number of nitro groups is 1. The number of ether oxygens (including phenoxy) is 1. The summed E-state index contributed by atoms with van der Waals surface area (Å²) in [6.45, 7) is 3.10. The summed E-state index contributed by atoms with van der Waals surface area (Å²) in [6, 6.07) is 4.27. The van der Waals surface area contributed by atoms with E-state index < -0.39 is 4.92 Å². The molecular formula is C19H23N5O6. The van der Waals surface area contributed by atoms with Crippen LogP contribution in [0.3, 0.4) is 0 Å². The van der Waals surface area contributed by atoms with E-state index in [9.17, 15) is 25.1 Å². The molecule has 0 unspecified atom stereocenters. The number of anilines is 2. The molecule has 0 atom stereocenters. The third kappa shape index (κ3) is 4.67. The standard InChI is InChI=1S/C19H23N5O6/c1-2-30-19(27)13-5-7-23(8-6-13)18-16(24(28)29)17(21-11-22-18)20-10-12-3-4-14(25)15(26)9-12/h3-4,9,11,13,25-26H,2,5-8,10H2,1H3,(H,20,21,22). The van der Waals surface area contributed by atoms with Gasteiger partial charge in [-0.3, -0.25) is 14.9 Å². The molecule has 3 N–H and O–H groups in total. The second-order valence-electron chi connectivity index (χ2n) is 6.84. The van der Waals surface area contributed by atoms with Gasteiger partial charge in [0, 0.05) is 19.6 Å². The van der Waals surface area contributed by atoms with E-state index >= 15 is 0 Å². The van der Waals surface area contributed by atoms with Crippen molar-refractivity contribution in [3.05, 3.63) is 40.2 Å². The van der Waals surface area contributed by atoms with Crippen LogP contribution in [-0.4, -0.2) is 50.8 Å². The second kappa shape index (κ2) is 9.25. The molecule has 2 aromatic rings. The van der Waals surface area contributed by atoms with Crippen molar-refractivity contribution in [2.45, 2.75) is 26.3 Å². The number of aromatic nitrogens is 2. The summed E-state index contributed by atoms with van der Waals surface area (Å²) < 4.78 is 5.06. The lowest BCUT2D eigenvalue weighted by atomic mass is 9.97. The van der Waals surface area contributed by atoms with Crippen LogP contribution in [0.25, 0.3) is 0 Å². The molecule has 1 fully saturated rings. The Bertz CT molecular complexity index is 930. The van der Waals surface area contributed by atoms with Crippen LogP contribution >= 0.6 is 0 Å². The van der Waals surface area contributed by atoms with Crippen LogP contribution in [0, 0.1) is 16.0 Å². The Balaban J connectivity index is 1.75. The van der Waals surface area contributed by atoms with E-state index in [1.54, 1.807) is 17.9 Å². The molecule has 1 saturated heterocycles. The van der Waals surface area contributed by atoms with E-state index in [0.717, 1.165) is 0 Å². The van der Waals surface area contributed by atoms with Crippen LogP contribution in [0.15, 0.2) is 24.5 Å². The fourth-order valence-corrected chi connectivity index (χ4v) is 3.35. The minimum absolute atomic E-state index is 0.0464. The first-order chi connectivity index (χ1) is 14.4. The van der Waals surface area contributed by atoms with Crippen LogP contribution in [0.1, 0.15) is 25.3 Å². The van der Waals surface area contributed by atoms with Gasteiger partial charge in [-0.1, -0.05) is 6.07 Å². The number of nitrogens with one attached hydrogen (secondary N) is 1. The summed E-state index contributed by atoms with van der Waals surface area (Å²) in [5, 5.41) is 33.7. The fraction of sp³-hybridized carbons (Fsp3) is 0.421. The average Bonchev–Trinajstić information content (AvgIpc) is 2.74. The van der Waals surface area contributed by atoms with E-state index in [1.807, 2.05) is 0 Å². The van der Waals surface area contributed by atoms with Gasteiger partial charge in [0.15, 0.2) is 11.5 Å². The first kappa shape index (κ1) is 21.1. The molecule has 1 aliphatic rings. The molecule has 1 aromatic carbocycles. The predicted molar refractivity (Wildman–Crippen MR) is 107 cm³/mol. The monoisotopic (exact) mass is 417 g/mol. The van der Waals surface area contributed by atoms with Gasteiger partial charge in [-0.15, -0.1) is 0 Å². The molecule has 11 nitrogen and oxygen atoms in total. The van der Waals surface area contributed by atoms with Gasteiger partial charge in [-0.2, -0.15) is 0 Å². The number of nitrogens with zero attached hydrogens (tertiary/aromatic N) is 4. The van der Waals surface area contributed by atoms with Crippen LogP contribution in [0.2, 0.25) is 0 Å². The maximum Gasteiger partial charge on any atom is 0.353 e. The Morgan fingerprint density at radius 2 is 2.03 bits per heavy atom. The van der Waals surface area contributed by atoms with E-state index in [1.165, 1.54) is 18.5 Å². The SMILES string of the molecule is CCOC(=O)C1CCN(c2ncnc(NCc3ccc(O)c(O)c3)c2[N+](=O)[O-])CC1. The third-order valence-electron chi connectivity index (χ3n) is 4.90. The highest BCUT2D eigenvalue weighted by molar-refractivity contribution is 5.74. The number of aromatic hydroxyl groups is 2. The van der Waals surface area contributed by atoms with Crippen LogP contribution in [-0.2, 0) is 16.1 Å². The lowest BCUT2D eigenvalue weighted by Crippen LogP contribution is -2.37. The smallest absolute Gasteiger partial charge is 0.353 e. The molecule has 3 rings (SSSR count). The summed E-state index contributed by atoms with van der Waals surface area (Å²) in [5.41, 5.74) is 0.352. The van der Waals surface area contributed by atoms with Crippen LogP contribution in [0.5, 0.6) is 11.5 Å². The first-order valence-corrected chi connectivity index (χ1v) is 9.56. The number of hydrogen-bond donors (Lipinski definition) is 3. The minimum atomic E-state index is -0.538. The van der Waals surface area contributed by atoms with Gasteiger partial charge < -0.3 is 25.2 Å². The van der Waals surface area contributed by atoms with Gasteiger partial charge in [-0.05, 0) is 37.5 Å². The number of rotatable bonds is 7. The Labute approximate surface area is 172 Å². The van der Waals surface area contributed by atoms with Gasteiger partial charge in [0.05, 0.1) is 17.4 Å². The molecule has 30 heavy (non-hydrogen) atoms. The number of carbonyl (C=O) groups excluding carboxylic acids is 1. The molecule has 0 radical (unpaired) electrons. The number of esters is 1. The molecule has 0 spiro atoms. The van der Waals surface area contributed by atoms with Crippen molar-refractivity contribution in [1.29, 1.82) is 0 Å². The van der Waals surface area contributed by atoms with Gasteiger partial charge in [0.2, 0.25) is 11.6 Å². The zero-order valence-corrected chi connectivity index (χ0v) is 16.4. The highest BCUT2D eigenvalue weighted by atomic mass is 16.6. The van der Waals surface area contributed by atoms with Gasteiger partial charge in [-0.25, -0.2) is 9.97 Å². The van der Waals surface area contributed by atoms with Crippen molar-refractivity contribution in [1.82, 2.24) is 9.97 Å². The molecule has 0 amide bonds. The zero-order valence-electron chi connectivity index (χ0n) is 16.4. The molecule has 0 saturated carbocycles. The molecule has 1 aromatic heterocycles. The van der Waals surface area contributed by atoms with E-state index in [-0.39, 0.29) is 47.3 Å². The van der Waals surface area contributed by atoms with Crippen LogP contribution in [0.4, 0.5) is 17.3 Å². The summed E-state index contributed by atoms with van der Waals surface area (Å²) >= 11 is 0. The summed E-state index contributed by atoms with van der Waals surface area (Å²) in [4.78, 5) is 33.0. The molecule has 0 aliphatic carbocycles. The number of carbonyl (C=O) groups is 1. The van der Waals surface area contributed by atoms with Gasteiger partial charge in [0.1, 0.15) is 6.33 Å². The Morgan fingerprint density at radius 3 is 2.67 bits per heavy atom. The van der Waals surface area contributed by atoms with Crippen molar-refractivity contribution in [3.63, 3.8) is 0 Å². The molecule has 1 aliphatic heterocycles. The predicted octanol–water partition coefficient (Wildman–Crippen LogP) is 2.19. The average molecular weight is 417 g/mol. The number of benzene rings is 1. The first-order valence-electron chi connectivity index (χ1n) is 9.56. The number of phenolic OH excluding ortho intramolecular Hbond substituents is 2. The topological polar surface area (TPSA) is 151 Å². The van der Waals surface area contributed by atoms with E-state index in [2.05, 4.69) is 15.3 Å². The molecular weight excluding hydrogens is 394 g/mol. The van der Waals surface area contributed by atoms with Crippen molar-refractivity contribution in [2.75, 3.05) is 29.9 Å². The van der Waals surface area contributed by atoms with E-state index in [0.29, 0.717) is 38.1 Å². The third-order valence-corrected chi connectivity index (χ3v) is 4.90. The lowest BCUT2D eigenvalue weighted by Gasteiger charge is -2.31.